The van der Waals surface area contributed by atoms with E-state index in [0.29, 0.717) is 0 Å². The van der Waals surface area contributed by atoms with Gasteiger partial charge in [-0.1, -0.05) is 0 Å². The Bertz CT molecular complexity index is 476. The van der Waals surface area contributed by atoms with Gasteiger partial charge in [0.1, 0.15) is 5.82 Å². The second-order valence-electron chi connectivity index (χ2n) is 4.15. The largest absolute Gasteiger partial charge is 0.368 e. The number of rotatable bonds is 5. The highest BCUT2D eigenvalue weighted by atomic mass is 32.1. The van der Waals surface area contributed by atoms with Crippen molar-refractivity contribution in [2.45, 2.75) is 18.9 Å². The van der Waals surface area contributed by atoms with Crippen LogP contribution in [-0.2, 0) is 0 Å². The Hall–Kier alpha value is -1.13. The summed E-state index contributed by atoms with van der Waals surface area (Å²) < 4.78 is 1.30. The molecule has 2 aromatic heterocycles. The molecule has 3 rings (SSSR count). The molecule has 0 aliphatic heterocycles. The van der Waals surface area contributed by atoms with E-state index in [1.54, 1.807) is 11.3 Å². The Morgan fingerprint density at radius 1 is 1.31 bits per heavy atom. The predicted molar refractivity (Wildman–Crippen MR) is 69.1 cm³/mol. The monoisotopic (exact) mass is 233 g/mol. The van der Waals surface area contributed by atoms with Gasteiger partial charge >= 0.3 is 0 Å². The fourth-order valence-corrected chi connectivity index (χ4v) is 2.56. The molecular weight excluding hydrogens is 218 g/mol. The number of nitrogens with one attached hydrogen (secondary N) is 2. The first-order valence-corrected chi connectivity index (χ1v) is 6.61. The van der Waals surface area contributed by atoms with E-state index in [9.17, 15) is 0 Å². The number of hydrogen-bond donors (Lipinski definition) is 2. The van der Waals surface area contributed by atoms with Crippen LogP contribution in [0.15, 0.2) is 23.7 Å². The molecule has 2 aromatic rings. The molecule has 84 valence electrons. The van der Waals surface area contributed by atoms with E-state index in [2.05, 4.69) is 33.1 Å². The van der Waals surface area contributed by atoms with E-state index in [4.69, 9.17) is 0 Å². The third-order valence-electron chi connectivity index (χ3n) is 2.81. The first kappa shape index (κ1) is 10.1. The maximum atomic E-state index is 4.38. The molecule has 1 fully saturated rings. The van der Waals surface area contributed by atoms with Gasteiger partial charge in [-0.2, -0.15) is 0 Å². The molecular formula is C12H15N3S. The molecule has 0 bridgehead atoms. The molecule has 1 aliphatic rings. The average molecular weight is 233 g/mol. The molecule has 0 saturated heterocycles. The molecule has 0 amide bonds. The third-order valence-corrected chi connectivity index (χ3v) is 3.69. The van der Waals surface area contributed by atoms with Gasteiger partial charge < -0.3 is 10.6 Å². The Morgan fingerprint density at radius 2 is 2.25 bits per heavy atom. The number of nitrogens with zero attached hydrogens (tertiary/aromatic N) is 1. The minimum Gasteiger partial charge on any atom is -0.368 e. The van der Waals surface area contributed by atoms with Gasteiger partial charge in [-0.05, 0) is 30.4 Å². The smallest absolute Gasteiger partial charge is 0.134 e. The third kappa shape index (κ3) is 2.18. The first-order valence-electron chi connectivity index (χ1n) is 5.73. The highest BCUT2D eigenvalue weighted by molar-refractivity contribution is 7.17. The fourth-order valence-electron chi connectivity index (χ4n) is 1.78. The van der Waals surface area contributed by atoms with Crippen LogP contribution < -0.4 is 10.6 Å². The summed E-state index contributed by atoms with van der Waals surface area (Å²) in [4.78, 5) is 4.38. The molecule has 0 atom stereocenters. The molecule has 0 unspecified atom stereocenters. The molecule has 2 heterocycles. The zero-order chi connectivity index (χ0) is 10.8. The van der Waals surface area contributed by atoms with Crippen LogP contribution in [0, 0.1) is 0 Å². The lowest BCUT2D eigenvalue weighted by Gasteiger charge is -2.07. The summed E-state index contributed by atoms with van der Waals surface area (Å²) in [6.45, 7) is 1.96. The predicted octanol–water partition coefficient (Wildman–Crippen LogP) is 2.46. The van der Waals surface area contributed by atoms with Crippen LogP contribution >= 0.6 is 11.3 Å². The molecule has 0 spiro atoms. The second-order valence-corrected chi connectivity index (χ2v) is 5.09. The molecule has 16 heavy (non-hydrogen) atoms. The number of thiophene rings is 1. The number of hydrogen-bond acceptors (Lipinski definition) is 4. The molecule has 0 radical (unpaired) electrons. The average Bonchev–Trinajstić information content (AvgIpc) is 3.00. The van der Waals surface area contributed by atoms with Crippen molar-refractivity contribution in [1.29, 1.82) is 0 Å². The van der Waals surface area contributed by atoms with Crippen LogP contribution in [-0.4, -0.2) is 24.1 Å². The van der Waals surface area contributed by atoms with Crippen LogP contribution in [0.4, 0.5) is 5.82 Å². The number of pyridine rings is 1. The Morgan fingerprint density at radius 3 is 3.12 bits per heavy atom. The Balaban J connectivity index is 1.61. The maximum absolute atomic E-state index is 4.38. The van der Waals surface area contributed by atoms with Gasteiger partial charge in [0.2, 0.25) is 0 Å². The lowest BCUT2D eigenvalue weighted by molar-refractivity contribution is 0.701. The van der Waals surface area contributed by atoms with Crippen LogP contribution in [0.3, 0.4) is 0 Å². The van der Waals surface area contributed by atoms with E-state index in [1.807, 2.05) is 6.20 Å². The summed E-state index contributed by atoms with van der Waals surface area (Å²) >= 11 is 1.76. The minimum absolute atomic E-state index is 0.784. The van der Waals surface area contributed by atoms with Crippen LogP contribution in [0.1, 0.15) is 12.8 Å². The van der Waals surface area contributed by atoms with Gasteiger partial charge in [0.05, 0.1) is 0 Å². The summed E-state index contributed by atoms with van der Waals surface area (Å²) in [6.07, 6.45) is 4.56. The summed E-state index contributed by atoms with van der Waals surface area (Å²) in [5, 5.41) is 10.2. The van der Waals surface area contributed by atoms with Crippen LogP contribution in [0.2, 0.25) is 0 Å². The molecule has 4 heteroatoms. The number of anilines is 1. The van der Waals surface area contributed by atoms with Crippen molar-refractivity contribution in [3.05, 3.63) is 23.7 Å². The normalized spacial score (nSPS) is 15.5. The number of aromatic nitrogens is 1. The van der Waals surface area contributed by atoms with Crippen molar-refractivity contribution in [2.24, 2.45) is 0 Å². The van der Waals surface area contributed by atoms with Gasteiger partial charge in [-0.3, -0.25) is 0 Å². The van der Waals surface area contributed by atoms with Crippen molar-refractivity contribution in [1.82, 2.24) is 10.3 Å². The van der Waals surface area contributed by atoms with Crippen molar-refractivity contribution >= 4 is 27.2 Å². The highest BCUT2D eigenvalue weighted by Gasteiger charge is 2.19. The zero-order valence-corrected chi connectivity index (χ0v) is 9.89. The quantitative estimate of drug-likeness (QED) is 0.779. The summed E-state index contributed by atoms with van der Waals surface area (Å²) in [5.41, 5.74) is 0. The lowest BCUT2D eigenvalue weighted by atomic mass is 10.3. The highest BCUT2D eigenvalue weighted by Crippen LogP contribution is 2.25. The summed E-state index contributed by atoms with van der Waals surface area (Å²) in [7, 11) is 0. The second kappa shape index (κ2) is 4.39. The zero-order valence-electron chi connectivity index (χ0n) is 9.07. The SMILES string of the molecule is c1cc2sccc2c(NCCNC2CC2)n1. The van der Waals surface area contributed by atoms with E-state index in [-0.39, 0.29) is 0 Å². The van der Waals surface area contributed by atoms with Gasteiger partial charge in [-0.25, -0.2) is 4.98 Å². The molecule has 0 aromatic carbocycles. The van der Waals surface area contributed by atoms with E-state index in [1.165, 1.54) is 22.9 Å². The summed E-state index contributed by atoms with van der Waals surface area (Å²) in [5.74, 6) is 1.01. The topological polar surface area (TPSA) is 37.0 Å². The van der Waals surface area contributed by atoms with E-state index in [0.717, 1.165) is 24.9 Å². The minimum atomic E-state index is 0.784. The molecule has 2 N–H and O–H groups in total. The van der Waals surface area contributed by atoms with Crippen LogP contribution in [0.5, 0.6) is 0 Å². The molecule has 3 nitrogen and oxygen atoms in total. The van der Waals surface area contributed by atoms with Crippen molar-refractivity contribution < 1.29 is 0 Å². The first-order chi connectivity index (χ1) is 7.93. The van der Waals surface area contributed by atoms with Gasteiger partial charge in [0, 0.05) is 35.4 Å². The molecule has 1 saturated carbocycles. The van der Waals surface area contributed by atoms with Gasteiger partial charge in [0.25, 0.3) is 0 Å². The number of fused-ring (bicyclic) bond motifs is 1. The Labute approximate surface area is 98.9 Å². The van der Waals surface area contributed by atoms with E-state index >= 15 is 0 Å². The lowest BCUT2D eigenvalue weighted by Crippen LogP contribution is -2.24. The molecule has 1 aliphatic carbocycles. The van der Waals surface area contributed by atoms with Gasteiger partial charge in [-0.15, -0.1) is 11.3 Å². The Kier molecular flexibility index (Phi) is 2.76. The van der Waals surface area contributed by atoms with E-state index < -0.39 is 0 Å². The van der Waals surface area contributed by atoms with Gasteiger partial charge in [0.15, 0.2) is 0 Å². The van der Waals surface area contributed by atoms with Crippen molar-refractivity contribution in [3.8, 4) is 0 Å². The standard InChI is InChI=1S/C12H15N3S/c1-2-9(1)13-6-7-15-12-10-4-8-16-11(10)3-5-14-12/h3-5,8-9,13H,1-2,6-7H2,(H,14,15). The maximum Gasteiger partial charge on any atom is 0.134 e. The van der Waals surface area contributed by atoms with Crippen molar-refractivity contribution in [3.63, 3.8) is 0 Å². The van der Waals surface area contributed by atoms with Crippen molar-refractivity contribution in [2.75, 3.05) is 18.4 Å². The fraction of sp³-hybridized carbons (Fsp3) is 0.417. The summed E-state index contributed by atoms with van der Waals surface area (Å²) in [6, 6.07) is 4.98. The van der Waals surface area contributed by atoms with Crippen LogP contribution in [0.25, 0.3) is 10.1 Å².